The molecular formula is C27H27NO4. The number of nitrogens with one attached hydrogen (secondary N) is 1. The van der Waals surface area contributed by atoms with Gasteiger partial charge in [-0.1, -0.05) is 85.8 Å². The molecule has 5 heteroatoms. The highest BCUT2D eigenvalue weighted by atomic mass is 16.5. The lowest BCUT2D eigenvalue weighted by atomic mass is 9.96. The summed E-state index contributed by atoms with van der Waals surface area (Å²) in [5, 5.41) is 2.80. The Morgan fingerprint density at radius 3 is 2.06 bits per heavy atom. The van der Waals surface area contributed by atoms with E-state index in [9.17, 15) is 14.4 Å². The minimum absolute atomic E-state index is 0.111. The maximum atomic E-state index is 12.7. The van der Waals surface area contributed by atoms with Crippen molar-refractivity contribution in [1.82, 2.24) is 5.32 Å². The number of ether oxygens (including phenoxy) is 1. The fourth-order valence-electron chi connectivity index (χ4n) is 3.32. The molecule has 0 aliphatic heterocycles. The van der Waals surface area contributed by atoms with Crippen LogP contribution in [-0.2, 0) is 14.3 Å². The third kappa shape index (κ3) is 6.14. The van der Waals surface area contributed by atoms with Gasteiger partial charge >= 0.3 is 5.97 Å². The van der Waals surface area contributed by atoms with Crippen LogP contribution in [0.2, 0.25) is 0 Å². The maximum absolute atomic E-state index is 12.7. The molecule has 2 atom stereocenters. The molecule has 0 saturated heterocycles. The van der Waals surface area contributed by atoms with E-state index in [1.807, 2.05) is 55.5 Å². The SMILES string of the molecule is C[C@H](CNC(=O)COC(=O)[C@@H](C)c1cccc(C(=O)c2ccccc2)c1)c1ccccc1. The van der Waals surface area contributed by atoms with Crippen molar-refractivity contribution in [2.75, 3.05) is 13.2 Å². The summed E-state index contributed by atoms with van der Waals surface area (Å²) in [7, 11) is 0. The quantitative estimate of drug-likeness (QED) is 0.402. The maximum Gasteiger partial charge on any atom is 0.313 e. The van der Waals surface area contributed by atoms with Gasteiger partial charge in [-0.05, 0) is 30.0 Å². The summed E-state index contributed by atoms with van der Waals surface area (Å²) in [4.78, 5) is 37.2. The summed E-state index contributed by atoms with van der Waals surface area (Å²) in [5.74, 6) is -1.42. The Kier molecular flexibility index (Phi) is 7.92. The molecule has 0 aromatic heterocycles. The molecule has 1 N–H and O–H groups in total. The van der Waals surface area contributed by atoms with Crippen LogP contribution in [-0.4, -0.2) is 30.8 Å². The molecule has 1 amide bonds. The van der Waals surface area contributed by atoms with E-state index in [1.54, 1.807) is 43.3 Å². The molecule has 0 fully saturated rings. The number of hydrogen-bond donors (Lipinski definition) is 1. The zero-order valence-corrected chi connectivity index (χ0v) is 18.3. The predicted molar refractivity (Wildman–Crippen MR) is 124 cm³/mol. The molecule has 0 aliphatic carbocycles. The molecule has 3 rings (SSSR count). The van der Waals surface area contributed by atoms with Gasteiger partial charge in [0.2, 0.25) is 0 Å². The highest BCUT2D eigenvalue weighted by molar-refractivity contribution is 6.09. The number of benzene rings is 3. The minimum Gasteiger partial charge on any atom is -0.455 e. The number of esters is 1. The van der Waals surface area contributed by atoms with Crippen LogP contribution in [0.5, 0.6) is 0 Å². The van der Waals surface area contributed by atoms with Crippen molar-refractivity contribution in [3.05, 3.63) is 107 Å². The van der Waals surface area contributed by atoms with E-state index in [1.165, 1.54) is 0 Å². The van der Waals surface area contributed by atoms with E-state index in [2.05, 4.69) is 5.32 Å². The molecule has 0 unspecified atom stereocenters. The van der Waals surface area contributed by atoms with Crippen molar-refractivity contribution in [2.24, 2.45) is 0 Å². The lowest BCUT2D eigenvalue weighted by molar-refractivity contribution is -0.149. The van der Waals surface area contributed by atoms with Crippen LogP contribution < -0.4 is 5.32 Å². The molecule has 32 heavy (non-hydrogen) atoms. The molecule has 3 aromatic carbocycles. The Morgan fingerprint density at radius 2 is 1.38 bits per heavy atom. The Hall–Kier alpha value is -3.73. The molecule has 3 aromatic rings. The van der Waals surface area contributed by atoms with Crippen LogP contribution in [0.3, 0.4) is 0 Å². The normalized spacial score (nSPS) is 12.4. The summed E-state index contributed by atoms with van der Waals surface area (Å²) in [6.07, 6.45) is 0. The average molecular weight is 430 g/mol. The summed E-state index contributed by atoms with van der Waals surface area (Å²) < 4.78 is 5.21. The second kappa shape index (κ2) is 11.0. The third-order valence-electron chi connectivity index (χ3n) is 5.36. The van der Waals surface area contributed by atoms with E-state index < -0.39 is 11.9 Å². The van der Waals surface area contributed by atoms with Crippen LogP contribution in [0.4, 0.5) is 0 Å². The van der Waals surface area contributed by atoms with Crippen molar-refractivity contribution < 1.29 is 19.1 Å². The Morgan fingerprint density at radius 1 is 0.781 bits per heavy atom. The number of amides is 1. The Balaban J connectivity index is 1.52. The second-order valence-corrected chi connectivity index (χ2v) is 7.77. The smallest absolute Gasteiger partial charge is 0.313 e. The number of carbonyl (C=O) groups is 3. The first-order chi connectivity index (χ1) is 15.5. The molecule has 0 bridgehead atoms. The molecule has 0 spiro atoms. The van der Waals surface area contributed by atoms with E-state index in [0.717, 1.165) is 5.56 Å². The van der Waals surface area contributed by atoms with Gasteiger partial charge in [0.25, 0.3) is 5.91 Å². The number of rotatable bonds is 9. The van der Waals surface area contributed by atoms with Crippen molar-refractivity contribution in [3.63, 3.8) is 0 Å². The van der Waals surface area contributed by atoms with Crippen molar-refractivity contribution in [1.29, 1.82) is 0 Å². The van der Waals surface area contributed by atoms with Crippen LogP contribution in [0.25, 0.3) is 0 Å². The minimum atomic E-state index is -0.602. The van der Waals surface area contributed by atoms with Crippen LogP contribution >= 0.6 is 0 Å². The van der Waals surface area contributed by atoms with Gasteiger partial charge in [0.1, 0.15) is 0 Å². The first-order valence-electron chi connectivity index (χ1n) is 10.6. The van der Waals surface area contributed by atoms with E-state index in [-0.39, 0.29) is 24.2 Å². The van der Waals surface area contributed by atoms with E-state index >= 15 is 0 Å². The van der Waals surface area contributed by atoms with Crippen LogP contribution in [0.15, 0.2) is 84.9 Å². The summed E-state index contributed by atoms with van der Waals surface area (Å²) in [6.45, 7) is 3.84. The highest BCUT2D eigenvalue weighted by Gasteiger charge is 2.20. The monoisotopic (exact) mass is 429 g/mol. The third-order valence-corrected chi connectivity index (χ3v) is 5.36. The summed E-state index contributed by atoms with van der Waals surface area (Å²) >= 11 is 0. The first kappa shape index (κ1) is 22.9. The Labute approximate surface area is 188 Å². The van der Waals surface area contributed by atoms with Gasteiger partial charge in [-0.2, -0.15) is 0 Å². The van der Waals surface area contributed by atoms with Crippen LogP contribution in [0, 0.1) is 0 Å². The zero-order valence-electron chi connectivity index (χ0n) is 18.3. The van der Waals surface area contributed by atoms with Gasteiger partial charge in [0, 0.05) is 17.7 Å². The van der Waals surface area contributed by atoms with Gasteiger partial charge in [-0.15, -0.1) is 0 Å². The van der Waals surface area contributed by atoms with E-state index in [0.29, 0.717) is 23.2 Å². The lowest BCUT2D eigenvalue weighted by Crippen LogP contribution is -2.32. The second-order valence-electron chi connectivity index (χ2n) is 7.77. The van der Waals surface area contributed by atoms with Gasteiger partial charge in [0.15, 0.2) is 12.4 Å². The van der Waals surface area contributed by atoms with Gasteiger partial charge in [-0.25, -0.2) is 0 Å². The van der Waals surface area contributed by atoms with Crippen molar-refractivity contribution >= 4 is 17.7 Å². The molecular weight excluding hydrogens is 402 g/mol. The van der Waals surface area contributed by atoms with Gasteiger partial charge in [0.05, 0.1) is 5.92 Å². The van der Waals surface area contributed by atoms with Gasteiger partial charge in [-0.3, -0.25) is 14.4 Å². The molecule has 164 valence electrons. The Bertz CT molecular complexity index is 1060. The first-order valence-corrected chi connectivity index (χ1v) is 10.6. The number of hydrogen-bond acceptors (Lipinski definition) is 4. The number of ketones is 1. The molecule has 0 aliphatic rings. The van der Waals surface area contributed by atoms with E-state index in [4.69, 9.17) is 4.74 Å². The highest BCUT2D eigenvalue weighted by Crippen LogP contribution is 2.20. The molecule has 5 nitrogen and oxygen atoms in total. The van der Waals surface area contributed by atoms with Crippen LogP contribution in [0.1, 0.15) is 52.7 Å². The fourth-order valence-corrected chi connectivity index (χ4v) is 3.32. The average Bonchev–Trinajstić information content (AvgIpc) is 2.86. The molecule has 0 heterocycles. The lowest BCUT2D eigenvalue weighted by Gasteiger charge is -2.15. The molecule has 0 saturated carbocycles. The van der Waals surface area contributed by atoms with Gasteiger partial charge < -0.3 is 10.1 Å². The fraction of sp³-hybridized carbons (Fsp3) is 0.222. The predicted octanol–water partition coefficient (Wildman–Crippen LogP) is 4.48. The topological polar surface area (TPSA) is 72.5 Å². The largest absolute Gasteiger partial charge is 0.455 e. The van der Waals surface area contributed by atoms with Crippen molar-refractivity contribution in [3.8, 4) is 0 Å². The molecule has 0 radical (unpaired) electrons. The summed E-state index contributed by atoms with van der Waals surface area (Å²) in [6, 6.07) is 25.8. The number of carbonyl (C=O) groups excluding carboxylic acids is 3. The van der Waals surface area contributed by atoms with Crippen molar-refractivity contribution in [2.45, 2.75) is 25.7 Å². The summed E-state index contributed by atoms with van der Waals surface area (Å²) in [5.41, 5.74) is 2.88. The zero-order chi connectivity index (χ0) is 22.9. The standard InChI is InChI=1S/C27H27NO4/c1-19(21-10-5-3-6-11-21)17-28-25(29)18-32-27(31)20(2)23-14-9-15-24(16-23)26(30)22-12-7-4-8-13-22/h3-16,19-20H,17-18H2,1-2H3,(H,28,29)/t19-,20+/m1/s1.